The lowest BCUT2D eigenvalue weighted by molar-refractivity contribution is -0.118. The molecule has 2 aromatic rings. The van der Waals surface area contributed by atoms with E-state index in [-0.39, 0.29) is 11.7 Å². The van der Waals surface area contributed by atoms with Gasteiger partial charge < -0.3 is 24.8 Å². The summed E-state index contributed by atoms with van der Waals surface area (Å²) >= 11 is 0. The first kappa shape index (κ1) is 22.4. The molecule has 0 aromatic heterocycles. The van der Waals surface area contributed by atoms with Crippen LogP contribution in [0.1, 0.15) is 32.6 Å². The number of hydrogen-bond acceptors (Lipinski definition) is 5. The second-order valence-corrected chi connectivity index (χ2v) is 7.01. The van der Waals surface area contributed by atoms with Gasteiger partial charge in [0.2, 0.25) is 5.91 Å². The van der Waals surface area contributed by atoms with Crippen LogP contribution < -0.4 is 19.7 Å². The number of nitrogens with one attached hydrogen (secondary N) is 1. The van der Waals surface area contributed by atoms with Crippen molar-refractivity contribution in [2.24, 2.45) is 0 Å². The molecule has 0 bridgehead atoms. The number of likely N-dealkylation sites (N-methyl/N-ethyl adjacent to an activating group) is 1. The van der Waals surface area contributed by atoms with Crippen LogP contribution in [0.3, 0.4) is 0 Å². The Morgan fingerprint density at radius 1 is 0.966 bits per heavy atom. The molecule has 0 aliphatic rings. The molecule has 2 N–H and O–H groups in total. The predicted octanol–water partition coefficient (Wildman–Crippen LogP) is 3.98. The number of carbonyl (C=O) groups is 1. The maximum atomic E-state index is 11.0. The molecule has 6 nitrogen and oxygen atoms in total. The van der Waals surface area contributed by atoms with E-state index in [9.17, 15) is 9.90 Å². The average Bonchev–Trinajstić information content (AvgIpc) is 2.70. The number of amides is 1. The van der Waals surface area contributed by atoms with Gasteiger partial charge in [-0.2, -0.15) is 0 Å². The zero-order valence-electron chi connectivity index (χ0n) is 17.4. The Kier molecular flexibility index (Phi) is 9.69. The lowest BCUT2D eigenvalue weighted by atomic mass is 10.2. The first-order chi connectivity index (χ1) is 14.0. The fraction of sp³-hybridized carbons (Fsp3) is 0.435. The summed E-state index contributed by atoms with van der Waals surface area (Å²) in [6.07, 6.45) is 4.13. The van der Waals surface area contributed by atoms with Gasteiger partial charge in [-0.15, -0.1) is 0 Å². The third-order valence-corrected chi connectivity index (χ3v) is 4.47. The van der Waals surface area contributed by atoms with Gasteiger partial charge in [-0.3, -0.25) is 4.79 Å². The fourth-order valence-electron chi connectivity index (χ4n) is 2.85. The maximum absolute atomic E-state index is 11.0. The van der Waals surface area contributed by atoms with Crippen molar-refractivity contribution >= 4 is 11.6 Å². The Balaban J connectivity index is 1.57. The Morgan fingerprint density at radius 3 is 2.21 bits per heavy atom. The summed E-state index contributed by atoms with van der Waals surface area (Å²) < 4.78 is 11.5. The summed E-state index contributed by atoms with van der Waals surface area (Å²) in [4.78, 5) is 13.0. The molecule has 0 spiro atoms. The topological polar surface area (TPSA) is 71.0 Å². The summed E-state index contributed by atoms with van der Waals surface area (Å²) in [5.41, 5.74) is 1.07. The molecule has 6 heteroatoms. The zero-order valence-corrected chi connectivity index (χ0v) is 17.4. The molecule has 2 rings (SSSR count). The van der Waals surface area contributed by atoms with E-state index in [0.29, 0.717) is 25.5 Å². The summed E-state index contributed by atoms with van der Waals surface area (Å²) in [7, 11) is 2.00. The van der Waals surface area contributed by atoms with E-state index in [1.807, 2.05) is 37.4 Å². The number of anilines is 1. The molecule has 2 aromatic carbocycles. The first-order valence-electron chi connectivity index (χ1n) is 10.1. The van der Waals surface area contributed by atoms with Crippen molar-refractivity contribution in [3.63, 3.8) is 0 Å². The lowest BCUT2D eigenvalue weighted by Gasteiger charge is -2.20. The first-order valence-corrected chi connectivity index (χ1v) is 10.1. The standard InChI is InChI=1S/C23H32N2O4/c1-19(26)24-13-14-25(2)20-9-7-11-22(17-20)28-15-5-3-4-6-16-29-23-12-8-10-21(27)18-23/h7-12,17-18,27H,3-6,13-16H2,1-2H3,(H,24,26). The number of benzene rings is 2. The lowest BCUT2D eigenvalue weighted by Crippen LogP contribution is -2.31. The summed E-state index contributed by atoms with van der Waals surface area (Å²) in [5, 5.41) is 12.2. The summed E-state index contributed by atoms with van der Waals surface area (Å²) in [6.45, 7) is 4.22. The van der Waals surface area contributed by atoms with E-state index in [1.54, 1.807) is 18.2 Å². The highest BCUT2D eigenvalue weighted by atomic mass is 16.5. The molecular formula is C23H32N2O4. The molecule has 0 atom stereocenters. The smallest absolute Gasteiger partial charge is 0.216 e. The van der Waals surface area contributed by atoms with Crippen molar-refractivity contribution < 1.29 is 19.4 Å². The Morgan fingerprint density at radius 2 is 1.59 bits per heavy atom. The van der Waals surface area contributed by atoms with Gasteiger partial charge in [0.1, 0.15) is 17.2 Å². The minimum Gasteiger partial charge on any atom is -0.508 e. The molecule has 0 radical (unpaired) electrons. The highest BCUT2D eigenvalue weighted by molar-refractivity contribution is 5.72. The van der Waals surface area contributed by atoms with Gasteiger partial charge in [-0.1, -0.05) is 12.1 Å². The molecule has 1 amide bonds. The Bertz CT molecular complexity index is 751. The van der Waals surface area contributed by atoms with Crippen LogP contribution in [0.15, 0.2) is 48.5 Å². The van der Waals surface area contributed by atoms with Gasteiger partial charge in [0.15, 0.2) is 0 Å². The Labute approximate surface area is 173 Å². The molecule has 29 heavy (non-hydrogen) atoms. The highest BCUT2D eigenvalue weighted by Gasteiger charge is 2.03. The number of rotatable bonds is 13. The minimum atomic E-state index is -0.0126. The number of hydrogen-bond donors (Lipinski definition) is 2. The molecule has 0 heterocycles. The predicted molar refractivity (Wildman–Crippen MR) is 116 cm³/mol. The van der Waals surface area contributed by atoms with Crippen molar-refractivity contribution in [3.05, 3.63) is 48.5 Å². The van der Waals surface area contributed by atoms with E-state index in [2.05, 4.69) is 10.2 Å². The second kappa shape index (κ2) is 12.5. The van der Waals surface area contributed by atoms with Crippen LogP contribution in [0.4, 0.5) is 5.69 Å². The van der Waals surface area contributed by atoms with Gasteiger partial charge in [0.05, 0.1) is 13.2 Å². The number of aromatic hydroxyl groups is 1. The van der Waals surface area contributed by atoms with Gasteiger partial charge >= 0.3 is 0 Å². The summed E-state index contributed by atoms with van der Waals surface area (Å²) in [5.74, 6) is 1.78. The van der Waals surface area contributed by atoms with Crippen molar-refractivity contribution in [1.29, 1.82) is 0 Å². The van der Waals surface area contributed by atoms with Crippen molar-refractivity contribution in [2.45, 2.75) is 32.6 Å². The molecular weight excluding hydrogens is 368 g/mol. The number of carbonyl (C=O) groups excluding carboxylic acids is 1. The van der Waals surface area contributed by atoms with Crippen molar-refractivity contribution in [2.75, 3.05) is 38.3 Å². The number of nitrogens with zero attached hydrogens (tertiary/aromatic N) is 1. The van der Waals surface area contributed by atoms with Gasteiger partial charge in [0.25, 0.3) is 0 Å². The normalized spacial score (nSPS) is 10.4. The maximum Gasteiger partial charge on any atom is 0.216 e. The fourth-order valence-corrected chi connectivity index (χ4v) is 2.85. The van der Waals surface area contributed by atoms with Crippen LogP contribution in [-0.2, 0) is 4.79 Å². The van der Waals surface area contributed by atoms with Crippen molar-refractivity contribution in [3.8, 4) is 17.2 Å². The molecule has 158 valence electrons. The van der Waals surface area contributed by atoms with Gasteiger partial charge in [0, 0.05) is 44.9 Å². The largest absolute Gasteiger partial charge is 0.508 e. The molecule has 0 aliphatic carbocycles. The monoisotopic (exact) mass is 400 g/mol. The third kappa shape index (κ3) is 9.23. The third-order valence-electron chi connectivity index (χ3n) is 4.47. The van der Waals surface area contributed by atoms with Crippen LogP contribution in [0.25, 0.3) is 0 Å². The molecule has 0 aliphatic heterocycles. The van der Waals surface area contributed by atoms with E-state index in [1.165, 1.54) is 6.92 Å². The van der Waals surface area contributed by atoms with E-state index < -0.39 is 0 Å². The zero-order chi connectivity index (χ0) is 20.9. The van der Waals surface area contributed by atoms with E-state index in [0.717, 1.165) is 43.7 Å². The molecule has 0 unspecified atom stereocenters. The number of phenolic OH excluding ortho intramolecular Hbond substituents is 1. The molecule has 0 fully saturated rings. The molecule has 0 saturated heterocycles. The van der Waals surface area contributed by atoms with Crippen LogP contribution in [0, 0.1) is 0 Å². The minimum absolute atomic E-state index is 0.0126. The van der Waals surface area contributed by atoms with Crippen LogP contribution >= 0.6 is 0 Å². The number of ether oxygens (including phenoxy) is 2. The summed E-state index contributed by atoms with van der Waals surface area (Å²) in [6, 6.07) is 14.9. The van der Waals surface area contributed by atoms with Crippen molar-refractivity contribution in [1.82, 2.24) is 5.32 Å². The van der Waals surface area contributed by atoms with Crippen LogP contribution in [0.2, 0.25) is 0 Å². The average molecular weight is 401 g/mol. The SMILES string of the molecule is CC(=O)NCCN(C)c1cccc(OCCCCCCOc2cccc(O)c2)c1. The van der Waals surface area contributed by atoms with Gasteiger partial charge in [-0.05, 0) is 49.9 Å². The molecule has 0 saturated carbocycles. The van der Waals surface area contributed by atoms with E-state index >= 15 is 0 Å². The van der Waals surface area contributed by atoms with E-state index in [4.69, 9.17) is 9.47 Å². The number of phenols is 1. The van der Waals surface area contributed by atoms with Gasteiger partial charge in [-0.25, -0.2) is 0 Å². The highest BCUT2D eigenvalue weighted by Crippen LogP contribution is 2.21. The van der Waals surface area contributed by atoms with Crippen LogP contribution in [0.5, 0.6) is 17.2 Å². The Hall–Kier alpha value is -2.89. The van der Waals surface area contributed by atoms with Crippen LogP contribution in [-0.4, -0.2) is 44.4 Å². The number of unbranched alkanes of at least 4 members (excludes halogenated alkanes) is 3. The quantitative estimate of drug-likeness (QED) is 0.498. The second-order valence-electron chi connectivity index (χ2n) is 7.01.